The van der Waals surface area contributed by atoms with E-state index in [1.54, 1.807) is 16.7 Å². The van der Waals surface area contributed by atoms with Crippen LogP contribution in [0, 0.1) is 23.7 Å². The van der Waals surface area contributed by atoms with E-state index < -0.39 is 0 Å². The van der Waals surface area contributed by atoms with Crippen LogP contribution in [0.3, 0.4) is 0 Å². The molecular weight excluding hydrogens is 388 g/mol. The van der Waals surface area contributed by atoms with Gasteiger partial charge in [0.1, 0.15) is 0 Å². The minimum Gasteiger partial charge on any atom is -0.378 e. The molecule has 0 radical (unpaired) electrons. The van der Waals surface area contributed by atoms with Crippen molar-refractivity contribution in [2.45, 2.75) is 129 Å². The van der Waals surface area contributed by atoms with Crippen molar-refractivity contribution in [3.05, 3.63) is 34.9 Å². The van der Waals surface area contributed by atoms with Crippen LogP contribution in [0.5, 0.6) is 0 Å². The highest BCUT2D eigenvalue weighted by Crippen LogP contribution is 2.47. The summed E-state index contributed by atoms with van der Waals surface area (Å²) >= 11 is 0. The first-order valence-corrected chi connectivity index (χ1v) is 14.5. The van der Waals surface area contributed by atoms with Crippen LogP contribution < -0.4 is 0 Å². The molecule has 0 aliphatic heterocycles. The zero-order chi connectivity index (χ0) is 22.2. The average molecular weight is 439 g/mol. The van der Waals surface area contributed by atoms with Gasteiger partial charge in [-0.25, -0.2) is 0 Å². The molecule has 3 aliphatic rings. The summed E-state index contributed by atoms with van der Waals surface area (Å²) in [5.74, 6) is 3.89. The lowest BCUT2D eigenvalue weighted by Gasteiger charge is -2.45. The molecule has 180 valence electrons. The maximum Gasteiger partial charge on any atom is 0.0578 e. The maximum absolute atomic E-state index is 6.30. The van der Waals surface area contributed by atoms with Gasteiger partial charge in [0, 0.05) is 6.61 Å². The van der Waals surface area contributed by atoms with Gasteiger partial charge in [0.2, 0.25) is 0 Å². The molecule has 0 saturated heterocycles. The van der Waals surface area contributed by atoms with Crippen molar-refractivity contribution in [3.63, 3.8) is 0 Å². The van der Waals surface area contributed by atoms with Gasteiger partial charge in [-0.1, -0.05) is 64.2 Å². The van der Waals surface area contributed by atoms with Gasteiger partial charge in [-0.05, 0) is 117 Å². The van der Waals surface area contributed by atoms with Gasteiger partial charge >= 0.3 is 0 Å². The summed E-state index contributed by atoms with van der Waals surface area (Å²) in [5.41, 5.74) is 4.95. The Morgan fingerprint density at radius 1 is 0.719 bits per heavy atom. The van der Waals surface area contributed by atoms with E-state index in [1.165, 1.54) is 109 Å². The molecule has 3 aliphatic carbocycles. The Bertz CT molecular complexity index is 679. The van der Waals surface area contributed by atoms with Crippen molar-refractivity contribution in [2.24, 2.45) is 23.7 Å². The molecule has 0 heterocycles. The van der Waals surface area contributed by atoms with E-state index in [2.05, 4.69) is 32.0 Å². The van der Waals surface area contributed by atoms with Gasteiger partial charge in [0.05, 0.1) is 6.10 Å². The van der Waals surface area contributed by atoms with Gasteiger partial charge in [-0.15, -0.1) is 0 Å². The number of hydrogen-bond donors (Lipinski definition) is 0. The predicted octanol–water partition coefficient (Wildman–Crippen LogP) is 8.71. The zero-order valence-electron chi connectivity index (χ0n) is 21.3. The highest BCUT2D eigenvalue weighted by atomic mass is 16.5. The van der Waals surface area contributed by atoms with Gasteiger partial charge in [-0.2, -0.15) is 0 Å². The minimum absolute atomic E-state index is 0.572. The van der Waals surface area contributed by atoms with Crippen molar-refractivity contribution in [3.8, 4) is 0 Å². The SMILES string of the molecule is CCCCCCO[C@@H]1CC[C@@H]2CC(C3CCc4cc(CCCCC)ccc4C3)CCC2C1. The summed E-state index contributed by atoms with van der Waals surface area (Å²) < 4.78 is 6.30. The molecule has 1 heteroatoms. The highest BCUT2D eigenvalue weighted by molar-refractivity contribution is 5.34. The molecule has 32 heavy (non-hydrogen) atoms. The van der Waals surface area contributed by atoms with Crippen LogP contribution in [0.15, 0.2) is 18.2 Å². The molecule has 0 amide bonds. The minimum atomic E-state index is 0.572. The van der Waals surface area contributed by atoms with E-state index in [1.807, 2.05) is 0 Å². The fourth-order valence-electron chi connectivity index (χ4n) is 7.21. The van der Waals surface area contributed by atoms with E-state index in [4.69, 9.17) is 4.74 Å². The number of ether oxygens (including phenoxy) is 1. The van der Waals surface area contributed by atoms with Crippen LogP contribution in [0.25, 0.3) is 0 Å². The van der Waals surface area contributed by atoms with Crippen LogP contribution in [0.1, 0.15) is 120 Å². The van der Waals surface area contributed by atoms with Gasteiger partial charge in [-0.3, -0.25) is 0 Å². The lowest BCUT2D eigenvalue weighted by molar-refractivity contribution is -0.0250. The number of unbranched alkanes of at least 4 members (excludes halogenated alkanes) is 5. The van der Waals surface area contributed by atoms with Crippen molar-refractivity contribution < 1.29 is 4.74 Å². The fraction of sp³-hybridized carbons (Fsp3) is 0.806. The van der Waals surface area contributed by atoms with Crippen LogP contribution >= 0.6 is 0 Å². The second kappa shape index (κ2) is 12.6. The lowest BCUT2D eigenvalue weighted by Crippen LogP contribution is -2.37. The summed E-state index contributed by atoms with van der Waals surface area (Å²) in [6, 6.07) is 7.50. The van der Waals surface area contributed by atoms with Crippen molar-refractivity contribution >= 4 is 0 Å². The number of fused-ring (bicyclic) bond motifs is 2. The van der Waals surface area contributed by atoms with Crippen LogP contribution in [-0.4, -0.2) is 12.7 Å². The Morgan fingerprint density at radius 2 is 1.47 bits per heavy atom. The number of rotatable bonds is 11. The molecule has 0 bridgehead atoms. The largest absolute Gasteiger partial charge is 0.378 e. The van der Waals surface area contributed by atoms with Crippen LogP contribution in [0.4, 0.5) is 0 Å². The average Bonchev–Trinajstić information content (AvgIpc) is 2.83. The molecule has 0 spiro atoms. The molecule has 2 saturated carbocycles. The molecule has 1 nitrogen and oxygen atoms in total. The number of benzene rings is 1. The summed E-state index contributed by atoms with van der Waals surface area (Å²) in [6.07, 6.45) is 23.9. The third kappa shape index (κ3) is 6.62. The highest BCUT2D eigenvalue weighted by Gasteiger charge is 2.38. The van der Waals surface area contributed by atoms with Crippen molar-refractivity contribution in [1.29, 1.82) is 0 Å². The van der Waals surface area contributed by atoms with Gasteiger partial charge in [0.15, 0.2) is 0 Å². The second-order valence-corrected chi connectivity index (χ2v) is 11.5. The standard InChI is InChI=1S/C31H50O/c1-3-5-7-9-19-32-31-18-17-29-22-28(15-16-30(29)23-31)27-14-13-25-20-24(10-8-6-4-2)11-12-26(25)21-27/h11-12,20,27-31H,3-10,13-19,21-23H2,1-2H3/t27?,28?,29-,30?,31-/m1/s1. The van der Waals surface area contributed by atoms with E-state index >= 15 is 0 Å². The Balaban J connectivity index is 1.22. The molecule has 3 unspecified atom stereocenters. The molecule has 1 aromatic carbocycles. The number of aryl methyl sites for hydroxylation is 2. The third-order valence-electron chi connectivity index (χ3n) is 9.23. The smallest absolute Gasteiger partial charge is 0.0578 e. The first-order chi connectivity index (χ1) is 15.8. The molecule has 4 rings (SSSR count). The van der Waals surface area contributed by atoms with E-state index in [-0.39, 0.29) is 0 Å². The van der Waals surface area contributed by atoms with Gasteiger partial charge in [0.25, 0.3) is 0 Å². The molecule has 2 fully saturated rings. The summed E-state index contributed by atoms with van der Waals surface area (Å²) in [6.45, 7) is 5.60. The normalized spacial score (nSPS) is 30.0. The zero-order valence-corrected chi connectivity index (χ0v) is 21.3. The first kappa shape index (κ1) is 24.3. The van der Waals surface area contributed by atoms with Crippen LogP contribution in [-0.2, 0) is 24.0 Å². The molecule has 0 aromatic heterocycles. The Labute approximate surface area is 199 Å². The maximum atomic E-state index is 6.30. The Hall–Kier alpha value is -0.820. The molecular formula is C31H50O. The van der Waals surface area contributed by atoms with Crippen molar-refractivity contribution in [1.82, 2.24) is 0 Å². The monoisotopic (exact) mass is 438 g/mol. The Kier molecular flexibility index (Phi) is 9.56. The van der Waals surface area contributed by atoms with Crippen molar-refractivity contribution in [2.75, 3.05) is 6.61 Å². The third-order valence-corrected chi connectivity index (χ3v) is 9.23. The fourth-order valence-corrected chi connectivity index (χ4v) is 7.21. The van der Waals surface area contributed by atoms with E-state index in [0.29, 0.717) is 6.10 Å². The number of hydrogen-bond acceptors (Lipinski definition) is 1. The summed E-state index contributed by atoms with van der Waals surface area (Å²) in [7, 11) is 0. The first-order valence-electron chi connectivity index (χ1n) is 14.5. The summed E-state index contributed by atoms with van der Waals surface area (Å²) in [5, 5.41) is 0. The molecule has 0 N–H and O–H groups in total. The van der Waals surface area contributed by atoms with E-state index in [0.717, 1.165) is 30.3 Å². The molecule has 5 atom stereocenters. The summed E-state index contributed by atoms with van der Waals surface area (Å²) in [4.78, 5) is 0. The lowest BCUT2D eigenvalue weighted by atomic mass is 9.62. The quantitative estimate of drug-likeness (QED) is 0.314. The topological polar surface area (TPSA) is 9.23 Å². The van der Waals surface area contributed by atoms with E-state index in [9.17, 15) is 0 Å². The van der Waals surface area contributed by atoms with Crippen LogP contribution in [0.2, 0.25) is 0 Å². The Morgan fingerprint density at radius 3 is 2.31 bits per heavy atom. The molecule has 1 aromatic rings. The second-order valence-electron chi connectivity index (χ2n) is 11.5. The predicted molar refractivity (Wildman–Crippen MR) is 137 cm³/mol. The van der Waals surface area contributed by atoms with Gasteiger partial charge < -0.3 is 4.74 Å².